The van der Waals surface area contributed by atoms with E-state index in [4.69, 9.17) is 4.74 Å². The minimum Gasteiger partial charge on any atom is -0.454 e. The molecule has 0 radical (unpaired) electrons. The number of benzene rings is 2. The Kier molecular flexibility index (Phi) is 4.74. The highest BCUT2D eigenvalue weighted by Gasteiger charge is 2.07. The zero-order chi connectivity index (χ0) is 14.5. The Morgan fingerprint density at radius 1 is 1.25 bits per heavy atom. The molecule has 20 heavy (non-hydrogen) atoms. The number of carbonyl (C=O) groups excluding carboxylic acids is 1. The molecule has 1 N–H and O–H groups in total. The molecular formula is C15H13BrFNO2. The normalized spacial score (nSPS) is 10.2. The van der Waals surface area contributed by atoms with Gasteiger partial charge in [0.25, 0.3) is 0 Å². The fraction of sp³-hybridized carbons (Fsp3) is 0.133. The molecule has 5 heteroatoms. The van der Waals surface area contributed by atoms with Crippen molar-refractivity contribution in [1.29, 1.82) is 0 Å². The van der Waals surface area contributed by atoms with E-state index in [2.05, 4.69) is 21.2 Å². The van der Waals surface area contributed by atoms with Gasteiger partial charge in [-0.15, -0.1) is 0 Å². The van der Waals surface area contributed by atoms with Crippen LogP contribution in [0.15, 0.2) is 46.9 Å². The Morgan fingerprint density at radius 2 is 1.95 bits per heavy atom. The SMILES string of the molecule is CCC(=O)Nc1ccc(Oc2ccc(Br)cc2)c(F)c1. The van der Waals surface area contributed by atoms with Gasteiger partial charge < -0.3 is 10.1 Å². The lowest BCUT2D eigenvalue weighted by Gasteiger charge is -2.09. The summed E-state index contributed by atoms with van der Waals surface area (Å²) in [5.74, 6) is -0.0351. The van der Waals surface area contributed by atoms with Crippen molar-refractivity contribution < 1.29 is 13.9 Å². The molecule has 0 aliphatic rings. The van der Waals surface area contributed by atoms with E-state index >= 15 is 0 Å². The maximum Gasteiger partial charge on any atom is 0.224 e. The van der Waals surface area contributed by atoms with Crippen LogP contribution in [0, 0.1) is 5.82 Å². The van der Waals surface area contributed by atoms with E-state index in [-0.39, 0.29) is 11.7 Å². The average molecular weight is 338 g/mol. The molecular weight excluding hydrogens is 325 g/mol. The van der Waals surface area contributed by atoms with Crippen LogP contribution < -0.4 is 10.1 Å². The first kappa shape index (κ1) is 14.5. The molecule has 0 aromatic heterocycles. The molecule has 3 nitrogen and oxygen atoms in total. The highest BCUT2D eigenvalue weighted by molar-refractivity contribution is 9.10. The van der Waals surface area contributed by atoms with Gasteiger partial charge in [-0.1, -0.05) is 22.9 Å². The van der Waals surface area contributed by atoms with Crippen LogP contribution in [-0.4, -0.2) is 5.91 Å². The fourth-order valence-electron chi connectivity index (χ4n) is 1.54. The van der Waals surface area contributed by atoms with Gasteiger partial charge in [0.05, 0.1) is 0 Å². The van der Waals surface area contributed by atoms with Crippen molar-refractivity contribution >= 4 is 27.5 Å². The zero-order valence-corrected chi connectivity index (χ0v) is 12.4. The summed E-state index contributed by atoms with van der Waals surface area (Å²) in [6.45, 7) is 1.73. The van der Waals surface area contributed by atoms with Gasteiger partial charge in [0.1, 0.15) is 5.75 Å². The first-order valence-electron chi connectivity index (χ1n) is 6.11. The van der Waals surface area contributed by atoms with Crippen LogP contribution >= 0.6 is 15.9 Å². The summed E-state index contributed by atoms with van der Waals surface area (Å²) in [5, 5.41) is 2.59. The minimum absolute atomic E-state index is 0.113. The van der Waals surface area contributed by atoms with E-state index in [9.17, 15) is 9.18 Å². The number of hydrogen-bond donors (Lipinski definition) is 1. The number of rotatable bonds is 4. The van der Waals surface area contributed by atoms with Crippen molar-refractivity contribution in [3.8, 4) is 11.5 Å². The van der Waals surface area contributed by atoms with E-state index < -0.39 is 5.82 Å². The van der Waals surface area contributed by atoms with Crippen LogP contribution in [0.3, 0.4) is 0 Å². The zero-order valence-electron chi connectivity index (χ0n) is 10.8. The predicted molar refractivity (Wildman–Crippen MR) is 79.5 cm³/mol. The largest absolute Gasteiger partial charge is 0.454 e. The van der Waals surface area contributed by atoms with E-state index in [0.717, 1.165) is 4.47 Å². The van der Waals surface area contributed by atoms with Crippen LogP contribution in [0.1, 0.15) is 13.3 Å². The maximum atomic E-state index is 13.9. The molecule has 104 valence electrons. The number of ether oxygens (including phenoxy) is 1. The first-order valence-corrected chi connectivity index (χ1v) is 6.90. The molecule has 0 saturated heterocycles. The van der Waals surface area contributed by atoms with Crippen molar-refractivity contribution in [3.63, 3.8) is 0 Å². The molecule has 0 heterocycles. The number of nitrogens with one attached hydrogen (secondary N) is 1. The number of halogens is 2. The van der Waals surface area contributed by atoms with Crippen molar-refractivity contribution in [2.45, 2.75) is 13.3 Å². The highest BCUT2D eigenvalue weighted by Crippen LogP contribution is 2.27. The lowest BCUT2D eigenvalue weighted by molar-refractivity contribution is -0.115. The molecule has 0 fully saturated rings. The average Bonchev–Trinajstić information content (AvgIpc) is 2.44. The second-order valence-corrected chi connectivity index (χ2v) is 5.02. The third-order valence-electron chi connectivity index (χ3n) is 2.58. The summed E-state index contributed by atoms with van der Waals surface area (Å²) in [5.41, 5.74) is 0.414. The Labute approximate surface area is 124 Å². The quantitative estimate of drug-likeness (QED) is 0.875. The maximum absolute atomic E-state index is 13.9. The molecule has 1 amide bonds. The molecule has 0 spiro atoms. The Balaban J connectivity index is 2.13. The third-order valence-corrected chi connectivity index (χ3v) is 3.11. The number of hydrogen-bond acceptors (Lipinski definition) is 2. The van der Waals surface area contributed by atoms with Gasteiger partial charge in [0.2, 0.25) is 5.91 Å². The predicted octanol–water partition coefficient (Wildman–Crippen LogP) is 4.73. The minimum atomic E-state index is -0.526. The van der Waals surface area contributed by atoms with E-state index in [0.29, 0.717) is 17.9 Å². The summed E-state index contributed by atoms with van der Waals surface area (Å²) >= 11 is 3.31. The molecule has 2 aromatic rings. The first-order chi connectivity index (χ1) is 9.58. The van der Waals surface area contributed by atoms with Gasteiger partial charge in [0, 0.05) is 22.6 Å². The lowest BCUT2D eigenvalue weighted by Crippen LogP contribution is -2.09. The summed E-state index contributed by atoms with van der Waals surface area (Å²) in [4.78, 5) is 11.2. The molecule has 0 bridgehead atoms. The Morgan fingerprint density at radius 3 is 2.55 bits per heavy atom. The summed E-state index contributed by atoms with van der Waals surface area (Å²) in [6, 6.07) is 11.4. The topological polar surface area (TPSA) is 38.3 Å². The summed E-state index contributed by atoms with van der Waals surface area (Å²) in [6.07, 6.45) is 0.346. The van der Waals surface area contributed by atoms with E-state index in [1.165, 1.54) is 12.1 Å². The molecule has 2 aromatic carbocycles. The van der Waals surface area contributed by atoms with Gasteiger partial charge in [-0.05, 0) is 36.4 Å². The highest BCUT2D eigenvalue weighted by atomic mass is 79.9. The lowest BCUT2D eigenvalue weighted by atomic mass is 10.2. The fourth-order valence-corrected chi connectivity index (χ4v) is 1.80. The van der Waals surface area contributed by atoms with Crippen molar-refractivity contribution in [2.75, 3.05) is 5.32 Å². The van der Waals surface area contributed by atoms with Crippen molar-refractivity contribution in [2.24, 2.45) is 0 Å². The van der Waals surface area contributed by atoms with Crippen LogP contribution in [0.25, 0.3) is 0 Å². The summed E-state index contributed by atoms with van der Waals surface area (Å²) < 4.78 is 20.2. The number of carbonyl (C=O) groups is 1. The van der Waals surface area contributed by atoms with Gasteiger partial charge in [-0.25, -0.2) is 4.39 Å². The number of anilines is 1. The third kappa shape index (κ3) is 3.81. The molecule has 0 saturated carbocycles. The van der Waals surface area contributed by atoms with Gasteiger partial charge in [0.15, 0.2) is 11.6 Å². The monoisotopic (exact) mass is 337 g/mol. The number of amides is 1. The van der Waals surface area contributed by atoms with E-state index in [1.807, 2.05) is 12.1 Å². The second kappa shape index (κ2) is 6.52. The molecule has 0 unspecified atom stereocenters. The van der Waals surface area contributed by atoms with Crippen LogP contribution in [0.5, 0.6) is 11.5 Å². The summed E-state index contributed by atoms with van der Waals surface area (Å²) in [7, 11) is 0. The second-order valence-electron chi connectivity index (χ2n) is 4.10. The molecule has 2 rings (SSSR count). The Bertz CT molecular complexity index is 614. The van der Waals surface area contributed by atoms with E-state index in [1.54, 1.807) is 25.1 Å². The molecule has 0 aliphatic heterocycles. The van der Waals surface area contributed by atoms with Crippen LogP contribution in [0.2, 0.25) is 0 Å². The van der Waals surface area contributed by atoms with Crippen LogP contribution in [-0.2, 0) is 4.79 Å². The van der Waals surface area contributed by atoms with Gasteiger partial charge in [-0.3, -0.25) is 4.79 Å². The Hall–Kier alpha value is -1.88. The van der Waals surface area contributed by atoms with Gasteiger partial charge in [-0.2, -0.15) is 0 Å². The van der Waals surface area contributed by atoms with Gasteiger partial charge >= 0.3 is 0 Å². The molecule has 0 atom stereocenters. The smallest absolute Gasteiger partial charge is 0.224 e. The molecule has 0 aliphatic carbocycles. The van der Waals surface area contributed by atoms with Crippen molar-refractivity contribution in [3.05, 3.63) is 52.8 Å². The van der Waals surface area contributed by atoms with Crippen LogP contribution in [0.4, 0.5) is 10.1 Å². The standard InChI is InChI=1S/C15H13BrFNO2/c1-2-15(19)18-11-5-8-14(13(17)9-11)20-12-6-3-10(16)4-7-12/h3-9H,2H2,1H3,(H,18,19). The van der Waals surface area contributed by atoms with Crippen molar-refractivity contribution in [1.82, 2.24) is 0 Å².